The van der Waals surface area contributed by atoms with Crippen LogP contribution in [0.5, 0.6) is 0 Å². The fourth-order valence-corrected chi connectivity index (χ4v) is 4.18. The first kappa shape index (κ1) is 19.5. The van der Waals surface area contributed by atoms with Crippen molar-refractivity contribution < 1.29 is 19.1 Å². The minimum atomic E-state index is -1.11. The fraction of sp³-hybridized carbons (Fsp3) is 0.167. The zero-order chi connectivity index (χ0) is 19.7. The molecule has 0 spiro atoms. The highest BCUT2D eigenvalue weighted by molar-refractivity contribution is 7.16. The van der Waals surface area contributed by atoms with Gasteiger partial charge in [-0.25, -0.2) is 9.18 Å². The third-order valence-corrected chi connectivity index (χ3v) is 5.53. The highest BCUT2D eigenvalue weighted by Crippen LogP contribution is 2.29. The number of carbonyl (C=O) groups is 2. The zero-order valence-corrected chi connectivity index (χ0v) is 16.3. The lowest BCUT2D eigenvalue weighted by atomic mass is 10.2. The van der Waals surface area contributed by atoms with E-state index in [9.17, 15) is 19.1 Å². The summed E-state index contributed by atoms with van der Waals surface area (Å²) in [5, 5.41) is 9.84. The van der Waals surface area contributed by atoms with Gasteiger partial charge in [0.25, 0.3) is 5.91 Å². The van der Waals surface area contributed by atoms with Gasteiger partial charge in [0, 0.05) is 10.6 Å². The topological polar surface area (TPSA) is 71.7 Å². The van der Waals surface area contributed by atoms with Crippen LogP contribution in [0.15, 0.2) is 41.4 Å². The third kappa shape index (κ3) is 3.76. The minimum absolute atomic E-state index is 0.0744. The van der Waals surface area contributed by atoms with Crippen molar-refractivity contribution in [2.24, 2.45) is 4.99 Å². The van der Waals surface area contributed by atoms with Gasteiger partial charge in [0.15, 0.2) is 10.6 Å². The molecule has 1 N–H and O–H groups in total. The van der Waals surface area contributed by atoms with Crippen LogP contribution in [0, 0.1) is 5.82 Å². The van der Waals surface area contributed by atoms with E-state index in [0.717, 1.165) is 11.3 Å². The van der Waals surface area contributed by atoms with Crippen molar-refractivity contribution in [1.82, 2.24) is 4.57 Å². The normalized spacial score (nSPS) is 13.1. The fourth-order valence-electron chi connectivity index (χ4n) is 2.67. The lowest BCUT2D eigenvalue weighted by Crippen LogP contribution is -2.27. The maximum absolute atomic E-state index is 14.4. The van der Waals surface area contributed by atoms with E-state index in [-0.39, 0.29) is 26.5 Å². The second kappa shape index (κ2) is 7.80. The van der Waals surface area contributed by atoms with E-state index < -0.39 is 23.7 Å². The smallest absolute Gasteiger partial charge is 0.326 e. The molecule has 3 aromatic rings. The van der Waals surface area contributed by atoms with Gasteiger partial charge in [0.05, 0.1) is 15.2 Å². The summed E-state index contributed by atoms with van der Waals surface area (Å²) in [6.45, 7) is 1.68. The van der Waals surface area contributed by atoms with Gasteiger partial charge < -0.3 is 9.67 Å². The summed E-state index contributed by atoms with van der Waals surface area (Å²) in [5.74, 6) is -2.39. The van der Waals surface area contributed by atoms with Gasteiger partial charge in [-0.05, 0) is 36.8 Å². The van der Waals surface area contributed by atoms with Crippen LogP contribution >= 0.6 is 34.5 Å². The molecule has 140 valence electrons. The van der Waals surface area contributed by atoms with Gasteiger partial charge in [-0.15, -0.1) is 0 Å². The number of carbonyl (C=O) groups excluding carboxylic acids is 1. The molecule has 0 radical (unpaired) electrons. The van der Waals surface area contributed by atoms with E-state index >= 15 is 0 Å². The molecule has 0 saturated carbocycles. The number of benzene rings is 2. The van der Waals surface area contributed by atoms with Gasteiger partial charge in [-0.3, -0.25) is 4.79 Å². The Kier molecular flexibility index (Phi) is 5.64. The lowest BCUT2D eigenvalue weighted by Gasteiger charge is -2.13. The number of carboxylic acids is 1. The number of carboxylic acid groups (broad SMARTS) is 1. The summed E-state index contributed by atoms with van der Waals surface area (Å²) in [7, 11) is 0. The second-order valence-electron chi connectivity index (χ2n) is 5.65. The Balaban J connectivity index is 2.29. The molecule has 0 aliphatic heterocycles. The molecule has 9 heteroatoms. The van der Waals surface area contributed by atoms with Crippen LogP contribution in [0.1, 0.15) is 29.7 Å². The van der Waals surface area contributed by atoms with Crippen LogP contribution in [0.4, 0.5) is 4.39 Å². The molecule has 0 aliphatic rings. The Morgan fingerprint density at radius 3 is 2.67 bits per heavy atom. The number of fused-ring (bicyclic) bond motifs is 1. The molecule has 5 nitrogen and oxygen atoms in total. The van der Waals surface area contributed by atoms with E-state index in [0.29, 0.717) is 10.5 Å². The molecule has 27 heavy (non-hydrogen) atoms. The standard InChI is InChI=1S/C18H13Cl2FN2O3S/c1-2-12(17(25)26)23-13-7-6-11(20)14(21)15(13)27-18(23)22-16(24)9-4-3-5-10(19)8-9/h3-8,12H,2H2,1H3,(H,25,26)/b22-18-. The predicted octanol–water partition coefficient (Wildman–Crippen LogP) is 4.93. The first-order chi connectivity index (χ1) is 12.8. The average molecular weight is 427 g/mol. The summed E-state index contributed by atoms with van der Waals surface area (Å²) in [6.07, 6.45) is 0.226. The van der Waals surface area contributed by atoms with E-state index in [4.69, 9.17) is 23.2 Å². The average Bonchev–Trinajstić information content (AvgIpc) is 2.97. The van der Waals surface area contributed by atoms with Gasteiger partial charge in [-0.2, -0.15) is 4.99 Å². The molecule has 3 rings (SSSR count). The molecule has 2 aromatic carbocycles. The number of hydrogen-bond donors (Lipinski definition) is 1. The Bertz CT molecular complexity index is 1120. The Morgan fingerprint density at radius 1 is 1.30 bits per heavy atom. The van der Waals surface area contributed by atoms with Crippen molar-refractivity contribution >= 4 is 56.6 Å². The van der Waals surface area contributed by atoms with Crippen molar-refractivity contribution in [3.63, 3.8) is 0 Å². The summed E-state index contributed by atoms with van der Waals surface area (Å²) in [6, 6.07) is 8.08. The summed E-state index contributed by atoms with van der Waals surface area (Å²) in [4.78, 5) is 28.3. The van der Waals surface area contributed by atoms with E-state index in [1.165, 1.54) is 22.8 Å². The number of hydrogen-bond acceptors (Lipinski definition) is 3. The molecule has 1 unspecified atom stereocenters. The first-order valence-electron chi connectivity index (χ1n) is 7.90. The molecule has 0 bridgehead atoms. The number of nitrogens with zero attached hydrogens (tertiary/aromatic N) is 2. The van der Waals surface area contributed by atoms with Gasteiger partial charge >= 0.3 is 5.97 Å². The van der Waals surface area contributed by atoms with Gasteiger partial charge in [0.1, 0.15) is 6.04 Å². The number of halogens is 3. The highest BCUT2D eigenvalue weighted by Gasteiger charge is 2.24. The Hall–Kier alpha value is -2.22. The van der Waals surface area contributed by atoms with E-state index in [2.05, 4.69) is 4.99 Å². The quantitative estimate of drug-likeness (QED) is 0.642. The Labute approximate surface area is 167 Å². The van der Waals surface area contributed by atoms with Gasteiger partial charge in [0.2, 0.25) is 0 Å². The maximum atomic E-state index is 14.4. The van der Waals surface area contributed by atoms with Crippen molar-refractivity contribution in [3.05, 3.63) is 62.6 Å². The molecule has 0 aliphatic carbocycles. The molecular formula is C18H13Cl2FN2O3S. The minimum Gasteiger partial charge on any atom is -0.480 e. The molecule has 1 aromatic heterocycles. The summed E-state index contributed by atoms with van der Waals surface area (Å²) >= 11 is 12.6. The molecule has 1 amide bonds. The molecule has 1 heterocycles. The monoisotopic (exact) mass is 426 g/mol. The van der Waals surface area contributed by atoms with Gasteiger partial charge in [-0.1, -0.05) is 47.5 Å². The Morgan fingerprint density at radius 2 is 2.04 bits per heavy atom. The molecule has 0 fully saturated rings. The highest BCUT2D eigenvalue weighted by atomic mass is 35.5. The van der Waals surface area contributed by atoms with Crippen molar-refractivity contribution in [1.29, 1.82) is 0 Å². The predicted molar refractivity (Wildman–Crippen MR) is 103 cm³/mol. The van der Waals surface area contributed by atoms with Crippen LogP contribution in [0.2, 0.25) is 10.0 Å². The van der Waals surface area contributed by atoms with Crippen molar-refractivity contribution in [3.8, 4) is 0 Å². The molecule has 1 atom stereocenters. The summed E-state index contributed by atoms with van der Waals surface area (Å²) in [5.41, 5.74) is 0.558. The number of rotatable bonds is 4. The van der Waals surface area contributed by atoms with Crippen LogP contribution < -0.4 is 4.80 Å². The van der Waals surface area contributed by atoms with Crippen LogP contribution in [-0.2, 0) is 4.79 Å². The van der Waals surface area contributed by atoms with Crippen molar-refractivity contribution in [2.75, 3.05) is 0 Å². The van der Waals surface area contributed by atoms with Crippen LogP contribution in [0.3, 0.4) is 0 Å². The molecular weight excluding hydrogens is 414 g/mol. The van der Waals surface area contributed by atoms with Crippen LogP contribution in [-0.4, -0.2) is 21.6 Å². The number of amides is 1. The SMILES string of the molecule is CCC(C(=O)O)n1/c(=N/C(=O)c2cccc(Cl)c2)sc2c(F)c(Cl)ccc21. The van der Waals surface area contributed by atoms with Crippen LogP contribution in [0.25, 0.3) is 10.2 Å². The molecule has 0 saturated heterocycles. The van der Waals surface area contributed by atoms with E-state index in [1.807, 2.05) is 0 Å². The number of aromatic nitrogens is 1. The van der Waals surface area contributed by atoms with E-state index in [1.54, 1.807) is 25.1 Å². The number of aliphatic carboxylic acids is 1. The van der Waals surface area contributed by atoms with Crippen molar-refractivity contribution in [2.45, 2.75) is 19.4 Å². The largest absolute Gasteiger partial charge is 0.480 e. The number of thiazole rings is 1. The third-order valence-electron chi connectivity index (χ3n) is 3.94. The lowest BCUT2D eigenvalue weighted by molar-refractivity contribution is -0.140. The first-order valence-corrected chi connectivity index (χ1v) is 9.47. The zero-order valence-electron chi connectivity index (χ0n) is 13.9. The summed E-state index contributed by atoms with van der Waals surface area (Å²) < 4.78 is 15.9. The maximum Gasteiger partial charge on any atom is 0.326 e. The second-order valence-corrected chi connectivity index (χ2v) is 7.48.